The van der Waals surface area contributed by atoms with Crippen LogP contribution < -0.4 is 9.75 Å². The van der Waals surface area contributed by atoms with Gasteiger partial charge in [0.25, 0.3) is 0 Å². The van der Waals surface area contributed by atoms with Crippen molar-refractivity contribution in [2.75, 3.05) is 17.9 Å². The van der Waals surface area contributed by atoms with Gasteiger partial charge in [-0.1, -0.05) is 41.7 Å². The van der Waals surface area contributed by atoms with Gasteiger partial charge >= 0.3 is 0 Å². The number of amides is 1. The van der Waals surface area contributed by atoms with Crippen LogP contribution in [0.15, 0.2) is 82.8 Å². The average Bonchev–Trinajstić information content (AvgIpc) is 3.24. The number of thiazole rings is 1. The second-order valence-electron chi connectivity index (χ2n) is 6.74. The predicted molar refractivity (Wildman–Crippen MR) is 129 cm³/mol. The predicted octanol–water partition coefficient (Wildman–Crippen LogP) is 5.99. The summed E-state index contributed by atoms with van der Waals surface area (Å²) in [6.45, 7) is 0. The van der Waals surface area contributed by atoms with E-state index in [2.05, 4.69) is 10.1 Å². The first-order valence-corrected chi connectivity index (χ1v) is 11.7. The van der Waals surface area contributed by atoms with Gasteiger partial charge in [0, 0.05) is 17.1 Å². The lowest BCUT2D eigenvalue weighted by Crippen LogP contribution is -2.25. The number of halogens is 1. The fraction of sp³-hybridized carbons (Fsp3) is 0.125. The Morgan fingerprint density at radius 3 is 2.69 bits per heavy atom. The monoisotopic (exact) mass is 465 g/mol. The van der Waals surface area contributed by atoms with Gasteiger partial charge in [-0.05, 0) is 48.0 Å². The maximum absolute atomic E-state index is 13.2. The summed E-state index contributed by atoms with van der Waals surface area (Å²) in [5.41, 5.74) is 1.45. The normalized spacial score (nSPS) is 11.2. The topological polar surface area (TPSA) is 54.8 Å². The SMILES string of the molecule is COc1ccc2nc(N(/N=C/c3ccc(F)cc3)C(=O)CCSc3ccccc3)sc2c1. The third-order valence-electron chi connectivity index (χ3n) is 4.52. The van der Waals surface area contributed by atoms with Crippen LogP contribution in [0.2, 0.25) is 0 Å². The first-order chi connectivity index (χ1) is 15.6. The van der Waals surface area contributed by atoms with Crippen LogP contribution in [-0.2, 0) is 4.79 Å². The van der Waals surface area contributed by atoms with Crippen molar-refractivity contribution in [3.63, 3.8) is 0 Å². The summed E-state index contributed by atoms with van der Waals surface area (Å²) < 4.78 is 19.4. The number of ether oxygens (including phenoxy) is 1. The van der Waals surface area contributed by atoms with Crippen molar-refractivity contribution in [2.24, 2.45) is 5.10 Å². The molecule has 0 unspecified atom stereocenters. The Kier molecular flexibility index (Phi) is 7.14. The lowest BCUT2D eigenvalue weighted by Gasteiger charge is -2.13. The van der Waals surface area contributed by atoms with Gasteiger partial charge in [-0.3, -0.25) is 4.79 Å². The van der Waals surface area contributed by atoms with E-state index in [4.69, 9.17) is 4.74 Å². The van der Waals surface area contributed by atoms with Crippen LogP contribution in [0.4, 0.5) is 9.52 Å². The Bertz CT molecular complexity index is 1230. The highest BCUT2D eigenvalue weighted by molar-refractivity contribution is 7.99. The molecule has 0 saturated heterocycles. The first-order valence-electron chi connectivity index (χ1n) is 9.87. The van der Waals surface area contributed by atoms with Crippen LogP contribution >= 0.6 is 23.1 Å². The largest absolute Gasteiger partial charge is 0.497 e. The third kappa shape index (κ3) is 5.52. The number of hydrogen-bond acceptors (Lipinski definition) is 6. The molecule has 0 aliphatic heterocycles. The minimum atomic E-state index is -0.326. The zero-order valence-electron chi connectivity index (χ0n) is 17.3. The van der Waals surface area contributed by atoms with Gasteiger partial charge < -0.3 is 4.74 Å². The van der Waals surface area contributed by atoms with Gasteiger partial charge in [0.1, 0.15) is 11.6 Å². The van der Waals surface area contributed by atoms with Gasteiger partial charge in [-0.25, -0.2) is 9.37 Å². The number of carbonyl (C=O) groups is 1. The van der Waals surface area contributed by atoms with Crippen LogP contribution in [0.25, 0.3) is 10.2 Å². The minimum Gasteiger partial charge on any atom is -0.497 e. The number of fused-ring (bicyclic) bond motifs is 1. The molecule has 0 bridgehead atoms. The van der Waals surface area contributed by atoms with Crippen LogP contribution in [0.1, 0.15) is 12.0 Å². The number of nitrogens with zero attached hydrogens (tertiary/aromatic N) is 3. The van der Waals surface area contributed by atoms with Crippen molar-refractivity contribution in [2.45, 2.75) is 11.3 Å². The molecule has 8 heteroatoms. The molecule has 0 aliphatic rings. The highest BCUT2D eigenvalue weighted by Gasteiger charge is 2.19. The standard InChI is InChI=1S/C24H20FN3O2S2/c1-30-19-11-12-21-22(15-19)32-24(27-21)28(26-16-17-7-9-18(25)10-8-17)23(29)13-14-31-20-5-3-2-4-6-20/h2-12,15-16H,13-14H2,1H3/b26-16+. The molecule has 32 heavy (non-hydrogen) atoms. The second-order valence-corrected chi connectivity index (χ2v) is 8.92. The molecule has 0 N–H and O–H groups in total. The number of thioether (sulfide) groups is 1. The fourth-order valence-electron chi connectivity index (χ4n) is 2.88. The Balaban J connectivity index is 1.57. The Labute approximate surface area is 193 Å². The number of methoxy groups -OCH3 is 1. The summed E-state index contributed by atoms with van der Waals surface area (Å²) in [7, 11) is 1.61. The fourth-order valence-corrected chi connectivity index (χ4v) is 4.71. The van der Waals surface area contributed by atoms with Crippen molar-refractivity contribution in [3.8, 4) is 5.75 Å². The zero-order valence-corrected chi connectivity index (χ0v) is 18.9. The second kappa shape index (κ2) is 10.4. The van der Waals surface area contributed by atoms with Crippen molar-refractivity contribution in [3.05, 3.63) is 84.2 Å². The molecule has 3 aromatic carbocycles. The van der Waals surface area contributed by atoms with Crippen LogP contribution in [-0.4, -0.2) is 30.0 Å². The lowest BCUT2D eigenvalue weighted by molar-refractivity contribution is -0.118. The van der Waals surface area contributed by atoms with E-state index in [9.17, 15) is 9.18 Å². The molecule has 4 rings (SSSR count). The summed E-state index contributed by atoms with van der Waals surface area (Å²) in [5, 5.41) is 6.20. The van der Waals surface area contributed by atoms with E-state index in [-0.39, 0.29) is 11.7 Å². The van der Waals surface area contributed by atoms with E-state index in [1.165, 1.54) is 34.7 Å². The average molecular weight is 466 g/mol. The molecule has 0 aliphatic carbocycles. The highest BCUT2D eigenvalue weighted by Crippen LogP contribution is 2.32. The molecule has 1 amide bonds. The Hall–Kier alpha value is -3.23. The van der Waals surface area contributed by atoms with Crippen LogP contribution in [0.5, 0.6) is 5.75 Å². The summed E-state index contributed by atoms with van der Waals surface area (Å²) in [6, 6.07) is 21.4. The highest BCUT2D eigenvalue weighted by atomic mass is 32.2. The molecule has 162 valence electrons. The first kappa shape index (κ1) is 22.0. The van der Waals surface area contributed by atoms with Gasteiger partial charge in [0.15, 0.2) is 0 Å². The number of hydrogen-bond donors (Lipinski definition) is 0. The maximum atomic E-state index is 13.2. The van der Waals surface area contributed by atoms with Crippen molar-refractivity contribution in [1.82, 2.24) is 4.98 Å². The van der Waals surface area contributed by atoms with Crippen LogP contribution in [0.3, 0.4) is 0 Å². The third-order valence-corrected chi connectivity index (χ3v) is 6.53. The number of rotatable bonds is 8. The molecule has 0 atom stereocenters. The minimum absolute atomic E-state index is 0.169. The molecular weight excluding hydrogens is 445 g/mol. The molecule has 5 nitrogen and oxygen atoms in total. The quantitative estimate of drug-likeness (QED) is 0.182. The molecule has 0 spiro atoms. The number of anilines is 1. The summed E-state index contributed by atoms with van der Waals surface area (Å²) in [6.07, 6.45) is 1.83. The zero-order chi connectivity index (χ0) is 22.3. The summed E-state index contributed by atoms with van der Waals surface area (Å²) >= 11 is 2.98. The van der Waals surface area contributed by atoms with Gasteiger partial charge in [0.05, 0.1) is 23.5 Å². The van der Waals surface area contributed by atoms with E-state index >= 15 is 0 Å². The molecule has 4 aromatic rings. The number of carbonyl (C=O) groups excluding carboxylic acids is 1. The van der Waals surface area contributed by atoms with Crippen molar-refractivity contribution >= 4 is 50.6 Å². The summed E-state index contributed by atoms with van der Waals surface area (Å²) in [5.74, 6) is 0.843. The van der Waals surface area contributed by atoms with Crippen LogP contribution in [0, 0.1) is 5.82 Å². The van der Waals surface area contributed by atoms with E-state index in [1.807, 2.05) is 48.5 Å². The van der Waals surface area contributed by atoms with Gasteiger partial charge in [-0.15, -0.1) is 11.8 Å². The Morgan fingerprint density at radius 1 is 1.16 bits per heavy atom. The van der Waals surface area contributed by atoms with Crippen molar-refractivity contribution in [1.29, 1.82) is 0 Å². The molecular formula is C24H20FN3O2S2. The Morgan fingerprint density at radius 2 is 1.94 bits per heavy atom. The van der Waals surface area contributed by atoms with E-state index in [1.54, 1.807) is 31.0 Å². The summed E-state index contributed by atoms with van der Waals surface area (Å²) in [4.78, 5) is 18.8. The molecule has 1 heterocycles. The molecule has 0 radical (unpaired) electrons. The van der Waals surface area contributed by atoms with E-state index in [0.717, 1.165) is 20.9 Å². The molecule has 0 saturated carbocycles. The number of hydrazone groups is 1. The maximum Gasteiger partial charge on any atom is 0.250 e. The smallest absolute Gasteiger partial charge is 0.250 e. The van der Waals surface area contributed by atoms with E-state index in [0.29, 0.717) is 22.9 Å². The van der Waals surface area contributed by atoms with E-state index < -0.39 is 0 Å². The molecule has 0 fully saturated rings. The molecule has 1 aromatic heterocycles. The lowest BCUT2D eigenvalue weighted by atomic mass is 10.2. The van der Waals surface area contributed by atoms with Crippen molar-refractivity contribution < 1.29 is 13.9 Å². The number of aromatic nitrogens is 1. The van der Waals surface area contributed by atoms with Gasteiger partial charge in [0.2, 0.25) is 11.0 Å². The number of benzene rings is 3. The van der Waals surface area contributed by atoms with Gasteiger partial charge in [-0.2, -0.15) is 10.1 Å².